The molecule has 1 aliphatic rings. The number of hydrazine groups is 1. The van der Waals surface area contributed by atoms with Crippen molar-refractivity contribution in [2.45, 2.75) is 25.8 Å². The van der Waals surface area contributed by atoms with Gasteiger partial charge < -0.3 is 26.6 Å². The molecule has 1 unspecified atom stereocenters. The number of rotatable bonds is 6. The van der Waals surface area contributed by atoms with Gasteiger partial charge in [0, 0.05) is 54.9 Å². The molecule has 0 saturated carbocycles. The molecule has 7 N–H and O–H groups in total. The summed E-state index contributed by atoms with van der Waals surface area (Å²) in [5, 5.41) is 5.34. The molecular formula is C24H30N6O. The second-order valence-corrected chi connectivity index (χ2v) is 7.59. The quantitative estimate of drug-likeness (QED) is 0.325. The number of hydrogen-bond donors (Lipinski definition) is 4. The minimum absolute atomic E-state index is 0.0121. The normalized spacial score (nSPS) is 18.5. The Morgan fingerprint density at radius 3 is 2.77 bits per heavy atom. The maximum absolute atomic E-state index is 10.9. The molecule has 1 aliphatic heterocycles. The van der Waals surface area contributed by atoms with Gasteiger partial charge in [-0.1, -0.05) is 24.3 Å². The maximum atomic E-state index is 10.9. The predicted molar refractivity (Wildman–Crippen MR) is 128 cm³/mol. The zero-order valence-electron chi connectivity index (χ0n) is 18.0. The van der Waals surface area contributed by atoms with Crippen LogP contribution >= 0.6 is 0 Å². The largest absolute Gasteiger partial charge is 0.404 e. The molecule has 31 heavy (non-hydrogen) atoms. The highest BCUT2D eigenvalue weighted by Crippen LogP contribution is 2.36. The number of nitrogens with zero attached hydrogens (tertiary/aromatic N) is 2. The van der Waals surface area contributed by atoms with Gasteiger partial charge in [0.2, 0.25) is 0 Å². The zero-order chi connectivity index (χ0) is 22.4. The van der Waals surface area contributed by atoms with Gasteiger partial charge in [-0.2, -0.15) is 0 Å². The Morgan fingerprint density at radius 2 is 2.10 bits per heavy atom. The van der Waals surface area contributed by atoms with E-state index in [9.17, 15) is 4.79 Å². The Labute approximate surface area is 183 Å². The van der Waals surface area contributed by atoms with Crippen LogP contribution in [-0.2, 0) is 11.2 Å². The molecule has 1 heterocycles. The smallest absolute Gasteiger partial charge is 0.124 e. The fourth-order valence-corrected chi connectivity index (χ4v) is 3.96. The maximum Gasteiger partial charge on any atom is 0.124 e. The van der Waals surface area contributed by atoms with Crippen molar-refractivity contribution in [3.63, 3.8) is 0 Å². The molecule has 0 bridgehead atoms. The van der Waals surface area contributed by atoms with E-state index in [0.717, 1.165) is 51.9 Å². The molecular weight excluding hydrogens is 388 g/mol. The first-order chi connectivity index (χ1) is 15.0. The van der Waals surface area contributed by atoms with Crippen LogP contribution in [0.1, 0.15) is 41.6 Å². The average molecular weight is 419 g/mol. The van der Waals surface area contributed by atoms with Gasteiger partial charge >= 0.3 is 0 Å². The van der Waals surface area contributed by atoms with Crippen molar-refractivity contribution in [1.29, 1.82) is 0 Å². The van der Waals surface area contributed by atoms with Crippen molar-refractivity contribution < 1.29 is 4.79 Å². The summed E-state index contributed by atoms with van der Waals surface area (Å²) in [7, 11) is 1.72. The molecule has 0 spiro atoms. The second kappa shape index (κ2) is 9.95. The number of aldehydes is 1. The van der Waals surface area contributed by atoms with Crippen LogP contribution in [0.5, 0.6) is 0 Å². The number of hydrogen-bond acceptors (Lipinski definition) is 7. The molecule has 0 aromatic heterocycles. The number of aliphatic imine (C=N–C) groups is 1. The van der Waals surface area contributed by atoms with Gasteiger partial charge in [-0.25, -0.2) is 5.84 Å². The van der Waals surface area contributed by atoms with E-state index in [4.69, 9.17) is 17.3 Å². The van der Waals surface area contributed by atoms with E-state index in [1.54, 1.807) is 24.5 Å². The van der Waals surface area contributed by atoms with Crippen molar-refractivity contribution >= 4 is 29.5 Å². The number of fused-ring (bicyclic) bond motifs is 1. The van der Waals surface area contributed by atoms with Gasteiger partial charge in [0.15, 0.2) is 0 Å². The van der Waals surface area contributed by atoms with Gasteiger partial charge in [0.25, 0.3) is 0 Å². The number of anilines is 1. The van der Waals surface area contributed by atoms with Gasteiger partial charge in [-0.15, -0.1) is 0 Å². The van der Waals surface area contributed by atoms with Crippen LogP contribution in [0, 0.1) is 0 Å². The van der Waals surface area contributed by atoms with Crippen molar-refractivity contribution in [2.75, 3.05) is 18.9 Å². The summed E-state index contributed by atoms with van der Waals surface area (Å²) in [6.45, 7) is 2.49. The van der Waals surface area contributed by atoms with Crippen LogP contribution in [0.4, 0.5) is 5.69 Å². The molecule has 2 aromatic carbocycles. The van der Waals surface area contributed by atoms with Gasteiger partial charge in [-0.05, 0) is 48.2 Å². The second-order valence-electron chi connectivity index (χ2n) is 7.59. The van der Waals surface area contributed by atoms with E-state index in [2.05, 4.69) is 16.4 Å². The first-order valence-electron chi connectivity index (χ1n) is 10.2. The molecule has 0 radical (unpaired) electrons. The summed E-state index contributed by atoms with van der Waals surface area (Å²) in [5.41, 5.74) is 19.3. The third-order valence-electron chi connectivity index (χ3n) is 5.37. The molecule has 7 nitrogen and oxygen atoms in total. The Morgan fingerprint density at radius 1 is 1.29 bits per heavy atom. The molecule has 0 amide bonds. The van der Waals surface area contributed by atoms with Crippen molar-refractivity contribution in [1.82, 2.24) is 5.01 Å². The fraction of sp³-hybridized carbons (Fsp3) is 0.250. The Balaban J connectivity index is 2.11. The van der Waals surface area contributed by atoms with Crippen LogP contribution in [0.25, 0.3) is 11.3 Å². The van der Waals surface area contributed by atoms with Crippen molar-refractivity contribution in [3.8, 4) is 0 Å². The van der Waals surface area contributed by atoms with Crippen molar-refractivity contribution in [3.05, 3.63) is 76.6 Å². The Bertz CT molecular complexity index is 1040. The van der Waals surface area contributed by atoms with Crippen LogP contribution in [0.3, 0.4) is 0 Å². The number of nitrogens with one attached hydrogen (secondary N) is 1. The van der Waals surface area contributed by atoms with E-state index in [-0.39, 0.29) is 6.04 Å². The summed E-state index contributed by atoms with van der Waals surface area (Å²) in [6.07, 6.45) is 5.36. The van der Waals surface area contributed by atoms with E-state index in [1.165, 1.54) is 0 Å². The fourth-order valence-electron chi connectivity index (χ4n) is 3.96. The molecule has 162 valence electrons. The van der Waals surface area contributed by atoms with E-state index in [1.807, 2.05) is 43.3 Å². The SMILES string of the molecule is CN=CC(=CN)c1ccc2c(c1)C(Nc1cccc(CC=O)c1)CCN(N)/C2=C(/C)N. The van der Waals surface area contributed by atoms with Crippen molar-refractivity contribution in [2.24, 2.45) is 22.3 Å². The number of carbonyl (C=O) groups is 1. The molecule has 0 aliphatic carbocycles. The first-order valence-corrected chi connectivity index (χ1v) is 10.2. The highest BCUT2D eigenvalue weighted by Gasteiger charge is 2.26. The molecule has 3 rings (SSSR count). The zero-order valence-corrected chi connectivity index (χ0v) is 18.0. The van der Waals surface area contributed by atoms with Gasteiger partial charge in [-0.3, -0.25) is 4.99 Å². The first kappa shape index (κ1) is 22.1. The highest BCUT2D eigenvalue weighted by atomic mass is 16.1. The Hall–Kier alpha value is -3.58. The Kier molecular flexibility index (Phi) is 7.10. The summed E-state index contributed by atoms with van der Waals surface area (Å²) in [5.74, 6) is 6.36. The van der Waals surface area contributed by atoms with E-state index in [0.29, 0.717) is 18.7 Å². The number of nitrogens with two attached hydrogens (primary N) is 3. The minimum atomic E-state index is -0.0121. The lowest BCUT2D eigenvalue weighted by atomic mass is 9.92. The lowest BCUT2D eigenvalue weighted by molar-refractivity contribution is -0.107. The summed E-state index contributed by atoms with van der Waals surface area (Å²) in [4.78, 5) is 15.0. The topological polar surface area (TPSA) is 123 Å². The molecule has 0 fully saturated rings. The third kappa shape index (κ3) is 4.95. The lowest BCUT2D eigenvalue weighted by Gasteiger charge is -2.22. The monoisotopic (exact) mass is 418 g/mol. The van der Waals surface area contributed by atoms with E-state index >= 15 is 0 Å². The highest BCUT2D eigenvalue weighted by molar-refractivity contribution is 6.09. The van der Waals surface area contributed by atoms with Crippen LogP contribution < -0.4 is 22.6 Å². The lowest BCUT2D eigenvalue weighted by Crippen LogP contribution is -2.31. The van der Waals surface area contributed by atoms with Crippen LogP contribution in [-0.4, -0.2) is 31.1 Å². The minimum Gasteiger partial charge on any atom is -0.404 e. The van der Waals surface area contributed by atoms with Gasteiger partial charge in [0.1, 0.15) is 6.29 Å². The summed E-state index contributed by atoms with van der Waals surface area (Å²) >= 11 is 0. The summed E-state index contributed by atoms with van der Waals surface area (Å²) in [6, 6.07) is 14.0. The van der Waals surface area contributed by atoms with E-state index < -0.39 is 0 Å². The van der Waals surface area contributed by atoms with Crippen LogP contribution in [0.2, 0.25) is 0 Å². The summed E-state index contributed by atoms with van der Waals surface area (Å²) < 4.78 is 0. The van der Waals surface area contributed by atoms with Crippen LogP contribution in [0.15, 0.2) is 59.4 Å². The molecule has 2 aromatic rings. The average Bonchev–Trinajstić information content (AvgIpc) is 2.88. The standard InChI is InChI=1S/C24H30N6O/c1-16(26)24-21-7-6-18(19(14-25)15-28-2)13-22(21)23(8-10-30(24)27)29-20-5-3-4-17(12-20)9-11-31/h3-7,11-15,23,29H,8-10,25-27H2,1-2H3/b19-14?,24-16-,28-15?. The number of carbonyl (C=O) groups excluding carboxylic acids is 1. The molecule has 0 saturated heterocycles. The van der Waals surface area contributed by atoms with Gasteiger partial charge in [0.05, 0.1) is 11.7 Å². The predicted octanol–water partition coefficient (Wildman–Crippen LogP) is 2.81. The third-order valence-corrected chi connectivity index (χ3v) is 5.37. The number of benzene rings is 2. The molecule has 1 atom stereocenters. The number of allylic oxidation sites excluding steroid dienone is 2. The molecule has 7 heteroatoms.